The fourth-order valence-electron chi connectivity index (χ4n) is 0.638. The van der Waals surface area contributed by atoms with Gasteiger partial charge < -0.3 is 4.74 Å². The Balaban J connectivity index is 3.39. The van der Waals surface area contributed by atoms with Crippen LogP contribution in [0.5, 0.6) is 0 Å². The Labute approximate surface area is 52.0 Å². The van der Waals surface area contributed by atoms with E-state index in [-0.39, 0.29) is 11.7 Å². The maximum atomic E-state index is 5.33. The van der Waals surface area contributed by atoms with E-state index >= 15 is 0 Å². The maximum absolute atomic E-state index is 5.33. The molecule has 0 amide bonds. The molecule has 0 N–H and O–H groups in total. The summed E-state index contributed by atoms with van der Waals surface area (Å²) in [5.41, 5.74) is -0.228. The third kappa shape index (κ3) is 5.96. The van der Waals surface area contributed by atoms with Crippen molar-refractivity contribution in [2.75, 3.05) is 0 Å². The summed E-state index contributed by atoms with van der Waals surface area (Å²) in [5.74, 6) is 0. The molecule has 0 rings (SSSR count). The van der Waals surface area contributed by atoms with Gasteiger partial charge in [0.05, 0.1) is 11.7 Å². The van der Waals surface area contributed by atoms with Crippen LogP contribution >= 0.6 is 0 Å². The largest absolute Gasteiger partial charge is 0.373 e. The van der Waals surface area contributed by atoms with Gasteiger partial charge in [0.1, 0.15) is 0 Å². The van der Waals surface area contributed by atoms with Crippen LogP contribution in [0.3, 0.4) is 0 Å². The molecular weight excluding hydrogens is 100 g/mol. The van der Waals surface area contributed by atoms with E-state index in [1.165, 1.54) is 0 Å². The monoisotopic (exact) mass is 115 g/mol. The van der Waals surface area contributed by atoms with Crippen molar-refractivity contribution in [2.24, 2.45) is 0 Å². The van der Waals surface area contributed by atoms with Crippen LogP contribution in [0.1, 0.15) is 27.7 Å². The Bertz CT molecular complexity index is 59.3. The average molecular weight is 115 g/mol. The molecule has 0 atom stereocenters. The minimum absolute atomic E-state index is 0.228. The minimum Gasteiger partial charge on any atom is -0.373 e. The first-order chi connectivity index (χ1) is 3.42. The van der Waals surface area contributed by atoms with E-state index in [1.54, 1.807) is 0 Å². The normalized spacial score (nSPS) is 12.8. The Hall–Kier alpha value is -0.0400. The van der Waals surface area contributed by atoms with Crippen LogP contribution in [0.4, 0.5) is 0 Å². The molecule has 0 aromatic carbocycles. The van der Waals surface area contributed by atoms with Crippen molar-refractivity contribution in [3.8, 4) is 0 Å². The van der Waals surface area contributed by atoms with Crippen molar-refractivity contribution in [1.82, 2.24) is 0 Å². The lowest BCUT2D eigenvalue weighted by molar-refractivity contribution is -0.0246. The topological polar surface area (TPSA) is 9.23 Å². The lowest BCUT2D eigenvalue weighted by Gasteiger charge is -2.21. The van der Waals surface area contributed by atoms with Crippen molar-refractivity contribution < 1.29 is 4.74 Å². The molecule has 0 saturated heterocycles. The molecule has 1 heteroatoms. The predicted octanol–water partition coefficient (Wildman–Crippen LogP) is 2.02. The average Bonchev–Trinajstić information content (AvgIpc) is 1.21. The van der Waals surface area contributed by atoms with Gasteiger partial charge in [-0.25, -0.2) is 0 Å². The molecule has 49 valence electrons. The second-order valence-electron chi connectivity index (χ2n) is 2.93. The van der Waals surface area contributed by atoms with E-state index in [0.29, 0.717) is 0 Å². The van der Waals surface area contributed by atoms with Crippen molar-refractivity contribution in [2.45, 2.75) is 39.4 Å². The molecule has 0 fully saturated rings. The third-order valence-corrected chi connectivity index (χ3v) is 0.555. The molecule has 0 aliphatic rings. The summed E-state index contributed by atoms with van der Waals surface area (Å²) in [4.78, 5) is 0. The molecule has 0 aliphatic carbocycles. The Kier molecular flexibility index (Phi) is 2.48. The summed E-state index contributed by atoms with van der Waals surface area (Å²) in [6.07, 6.45) is 0.280. The highest BCUT2D eigenvalue weighted by molar-refractivity contribution is 4.70. The van der Waals surface area contributed by atoms with Crippen molar-refractivity contribution in [1.29, 1.82) is 0 Å². The van der Waals surface area contributed by atoms with Crippen molar-refractivity contribution in [3.63, 3.8) is 0 Å². The van der Waals surface area contributed by atoms with E-state index in [1.807, 2.05) is 27.7 Å². The van der Waals surface area contributed by atoms with E-state index in [2.05, 4.69) is 6.92 Å². The SMILES string of the molecule is [CH2]C(C)(C)OC(C)C. The molecule has 8 heavy (non-hydrogen) atoms. The molecule has 1 nitrogen and oxygen atoms in total. The number of hydrogen-bond donors (Lipinski definition) is 0. The standard InChI is InChI=1S/C7H15O/c1-6(2)8-7(3,4)5/h6H,3H2,1-2,4-5H3. The summed E-state index contributed by atoms with van der Waals surface area (Å²) in [7, 11) is 0. The van der Waals surface area contributed by atoms with Gasteiger partial charge in [-0.1, -0.05) is 0 Å². The number of hydrogen-bond acceptors (Lipinski definition) is 1. The molecular formula is C7H15O. The van der Waals surface area contributed by atoms with Gasteiger partial charge in [-0.05, 0) is 34.6 Å². The first-order valence-corrected chi connectivity index (χ1v) is 2.95. The second kappa shape index (κ2) is 2.49. The maximum Gasteiger partial charge on any atom is 0.0631 e. The van der Waals surface area contributed by atoms with Gasteiger partial charge in [-0.3, -0.25) is 0 Å². The molecule has 0 aromatic rings. The van der Waals surface area contributed by atoms with Crippen LogP contribution in [0.2, 0.25) is 0 Å². The van der Waals surface area contributed by atoms with Gasteiger partial charge in [-0.2, -0.15) is 0 Å². The van der Waals surface area contributed by atoms with Crippen LogP contribution in [-0.2, 0) is 4.74 Å². The summed E-state index contributed by atoms with van der Waals surface area (Å²) in [5, 5.41) is 0. The fraction of sp³-hybridized carbons (Fsp3) is 0.857. The van der Waals surface area contributed by atoms with Crippen LogP contribution in [0.25, 0.3) is 0 Å². The lowest BCUT2D eigenvalue weighted by atomic mass is 10.2. The number of rotatable bonds is 2. The Morgan fingerprint density at radius 3 is 1.75 bits per heavy atom. The highest BCUT2D eigenvalue weighted by Crippen LogP contribution is 2.08. The molecule has 0 unspecified atom stereocenters. The zero-order valence-corrected chi connectivity index (χ0v) is 6.19. The smallest absolute Gasteiger partial charge is 0.0631 e. The van der Waals surface area contributed by atoms with Gasteiger partial charge in [0.15, 0.2) is 0 Å². The van der Waals surface area contributed by atoms with Crippen molar-refractivity contribution >= 4 is 0 Å². The molecule has 0 saturated carbocycles. The van der Waals surface area contributed by atoms with Crippen molar-refractivity contribution in [3.05, 3.63) is 6.92 Å². The molecule has 1 radical (unpaired) electrons. The molecule has 0 aliphatic heterocycles. The second-order valence-corrected chi connectivity index (χ2v) is 2.93. The van der Waals surface area contributed by atoms with Gasteiger partial charge in [0, 0.05) is 0 Å². The molecule has 0 bridgehead atoms. The van der Waals surface area contributed by atoms with Gasteiger partial charge in [0.25, 0.3) is 0 Å². The fourth-order valence-corrected chi connectivity index (χ4v) is 0.638. The van der Waals surface area contributed by atoms with Gasteiger partial charge in [-0.15, -0.1) is 0 Å². The first-order valence-electron chi connectivity index (χ1n) is 2.95. The Morgan fingerprint density at radius 2 is 1.75 bits per heavy atom. The number of ether oxygens (including phenoxy) is 1. The van der Waals surface area contributed by atoms with E-state index in [4.69, 9.17) is 4.74 Å². The summed E-state index contributed by atoms with van der Waals surface area (Å²) >= 11 is 0. The molecule has 0 aromatic heterocycles. The van der Waals surface area contributed by atoms with E-state index in [0.717, 1.165) is 0 Å². The van der Waals surface area contributed by atoms with E-state index in [9.17, 15) is 0 Å². The predicted molar refractivity (Wildman–Crippen MR) is 35.7 cm³/mol. The zero-order chi connectivity index (χ0) is 6.78. The third-order valence-electron chi connectivity index (χ3n) is 0.555. The van der Waals surface area contributed by atoms with Gasteiger partial charge in [0.2, 0.25) is 0 Å². The van der Waals surface area contributed by atoms with Crippen LogP contribution in [-0.4, -0.2) is 11.7 Å². The first kappa shape index (κ1) is 7.96. The van der Waals surface area contributed by atoms with Gasteiger partial charge >= 0.3 is 0 Å². The highest BCUT2D eigenvalue weighted by Gasteiger charge is 2.11. The van der Waals surface area contributed by atoms with E-state index < -0.39 is 0 Å². The zero-order valence-electron chi connectivity index (χ0n) is 6.19. The lowest BCUT2D eigenvalue weighted by Crippen LogP contribution is -2.23. The molecule has 0 spiro atoms. The van der Waals surface area contributed by atoms with Crippen LogP contribution in [0, 0.1) is 6.92 Å². The summed E-state index contributed by atoms with van der Waals surface area (Å²) in [6, 6.07) is 0. The Morgan fingerprint density at radius 1 is 1.38 bits per heavy atom. The summed E-state index contributed by atoms with van der Waals surface area (Å²) < 4.78 is 5.33. The summed E-state index contributed by atoms with van der Waals surface area (Å²) in [6.45, 7) is 11.7. The quantitative estimate of drug-likeness (QED) is 0.535. The molecule has 0 heterocycles. The van der Waals surface area contributed by atoms with Crippen LogP contribution < -0.4 is 0 Å². The highest BCUT2D eigenvalue weighted by atomic mass is 16.5. The minimum atomic E-state index is -0.228. The van der Waals surface area contributed by atoms with Crippen LogP contribution in [0.15, 0.2) is 0 Å².